The van der Waals surface area contributed by atoms with Crippen LogP contribution in [0, 0.1) is 18.8 Å². The van der Waals surface area contributed by atoms with E-state index in [0.29, 0.717) is 23.1 Å². The third-order valence-corrected chi connectivity index (χ3v) is 11.9. The van der Waals surface area contributed by atoms with E-state index < -0.39 is 54.2 Å². The zero-order valence-electron chi connectivity index (χ0n) is 37.8. The van der Waals surface area contributed by atoms with Crippen LogP contribution in [0.4, 0.5) is 0 Å². The molecule has 0 spiro atoms. The summed E-state index contributed by atoms with van der Waals surface area (Å²) in [5, 5.41) is 30.8. The number of cyclic esters (lactones) is 2. The van der Waals surface area contributed by atoms with E-state index in [1.54, 1.807) is 38.1 Å². The summed E-state index contributed by atoms with van der Waals surface area (Å²) >= 11 is 0. The van der Waals surface area contributed by atoms with Crippen LogP contribution in [0.25, 0.3) is 34.4 Å². The zero-order valence-corrected chi connectivity index (χ0v) is 37.8. The van der Waals surface area contributed by atoms with Crippen LogP contribution in [0.5, 0.6) is 5.75 Å². The Morgan fingerprint density at radius 2 is 1.08 bits per heavy atom. The van der Waals surface area contributed by atoms with Gasteiger partial charge in [-0.15, -0.1) is 0 Å². The Kier molecular flexibility index (Phi) is 17.1. The van der Waals surface area contributed by atoms with Crippen molar-refractivity contribution in [1.82, 2.24) is 0 Å². The predicted molar refractivity (Wildman–Crippen MR) is 256 cm³/mol. The minimum atomic E-state index is -1.56. The smallest absolute Gasteiger partial charge is 0.342 e. The van der Waals surface area contributed by atoms with Crippen molar-refractivity contribution in [2.24, 2.45) is 11.8 Å². The lowest BCUT2D eigenvalue weighted by Crippen LogP contribution is -2.32. The standard InChI is InChI=1S/C29H32O5.C25H26O6.CH4/c1-18-15-17-24(30)27-25(33-29(4,5)34-27)13-9-12-23-22(21-10-7-6-8-11-21)16-14-19(2)26(23)28(31)32-20(18)3;1-15-11-13-22(28)24(29)21(27)10-6-9-19-18(17-7-4-3-5-8-17)12-14-20(26)23(19)25(30)31-16(15)2;/h6-12,14-18,20,25,27H,13H2,1-5H3;3-9,11-16,21,24,26-27,29H,10H2,1-2H3;1H4/b12-9?,17-15-;9-6+,13-11-;/t18-,20+,25+,27-;15-,16+,21+,24+;/m11./s1. The molecule has 3 aliphatic rings. The number of fused-ring (bicyclic) bond motifs is 3. The predicted octanol–water partition coefficient (Wildman–Crippen LogP) is 10.0. The monoisotopic (exact) mass is 898 g/mol. The third-order valence-electron chi connectivity index (χ3n) is 11.9. The number of hydrogen-bond acceptors (Lipinski definition) is 11. The molecule has 3 aliphatic heterocycles. The van der Waals surface area contributed by atoms with Crippen molar-refractivity contribution in [2.75, 3.05) is 0 Å². The van der Waals surface area contributed by atoms with E-state index in [-0.39, 0.29) is 48.7 Å². The first-order valence-electron chi connectivity index (χ1n) is 22.0. The van der Waals surface area contributed by atoms with E-state index in [0.717, 1.165) is 27.8 Å². The van der Waals surface area contributed by atoms with Crippen LogP contribution in [-0.4, -0.2) is 81.2 Å². The second-order valence-corrected chi connectivity index (χ2v) is 17.2. The number of esters is 2. The van der Waals surface area contributed by atoms with Gasteiger partial charge in [0.25, 0.3) is 0 Å². The number of hydrogen-bond donors (Lipinski definition) is 3. The highest BCUT2D eigenvalue weighted by molar-refractivity contribution is 6.01. The fourth-order valence-corrected chi connectivity index (χ4v) is 7.79. The van der Waals surface area contributed by atoms with Crippen LogP contribution in [0.1, 0.15) is 99.2 Å². The molecule has 11 nitrogen and oxygen atoms in total. The Labute approximate surface area is 388 Å². The lowest BCUT2D eigenvalue weighted by atomic mass is 9.91. The summed E-state index contributed by atoms with van der Waals surface area (Å²) < 4.78 is 23.5. The van der Waals surface area contributed by atoms with Gasteiger partial charge in [0.2, 0.25) is 0 Å². The SMILES string of the molecule is C.C[C@@H]1/C=C\C(=O)[C@@H](O)[C@@H](O)C/C=C/c2c(-c3ccccc3)ccc(O)c2C(=O)O[C@H]1C.Cc1ccc(-c2ccccc2)c2c1C(=O)O[C@@H](C)[C@H](C)/C=C\C(=O)[C@H]1OC(C)(C)O[C@H]1CC=C2. The first kappa shape index (κ1) is 50.8. The number of carbonyl (C=O) groups excluding carboxylic acids is 4. The van der Waals surface area contributed by atoms with Crippen molar-refractivity contribution in [3.63, 3.8) is 0 Å². The quantitative estimate of drug-likeness (QED) is 0.164. The fourth-order valence-electron chi connectivity index (χ4n) is 7.79. The summed E-state index contributed by atoms with van der Waals surface area (Å²) in [6.45, 7) is 12.8. The van der Waals surface area contributed by atoms with E-state index in [9.17, 15) is 34.5 Å². The maximum atomic E-state index is 13.4. The molecule has 7 rings (SSSR count). The number of aromatic hydroxyl groups is 1. The van der Waals surface area contributed by atoms with Gasteiger partial charge in [0.1, 0.15) is 35.7 Å². The van der Waals surface area contributed by atoms with E-state index in [2.05, 4.69) is 0 Å². The number of aliphatic hydroxyl groups is 2. The van der Waals surface area contributed by atoms with E-state index in [1.165, 1.54) is 24.3 Å². The lowest BCUT2D eigenvalue weighted by Gasteiger charge is -2.21. The molecular formula is C55H62O11. The van der Waals surface area contributed by atoms with Gasteiger partial charge in [0.15, 0.2) is 17.4 Å². The van der Waals surface area contributed by atoms with Gasteiger partial charge in [-0.25, -0.2) is 9.59 Å². The maximum Gasteiger partial charge on any atom is 0.342 e. The van der Waals surface area contributed by atoms with Gasteiger partial charge in [-0.3, -0.25) is 9.59 Å². The molecule has 0 radical (unpaired) electrons. The average molecular weight is 899 g/mol. The van der Waals surface area contributed by atoms with Gasteiger partial charge in [-0.05, 0) is 99.1 Å². The first-order valence-corrected chi connectivity index (χ1v) is 22.0. The summed E-state index contributed by atoms with van der Waals surface area (Å²) in [6.07, 6.45) is 8.53. The Bertz CT molecular complexity index is 2480. The zero-order chi connectivity index (χ0) is 47.0. The summed E-state index contributed by atoms with van der Waals surface area (Å²) in [4.78, 5) is 51.5. The normalized spacial score (nSPS) is 27.0. The van der Waals surface area contributed by atoms with Crippen LogP contribution < -0.4 is 0 Å². The molecule has 0 unspecified atom stereocenters. The highest BCUT2D eigenvalue weighted by Gasteiger charge is 2.43. The molecule has 348 valence electrons. The number of ketones is 2. The molecule has 0 saturated carbocycles. The maximum absolute atomic E-state index is 13.4. The number of ether oxygens (including phenoxy) is 4. The van der Waals surface area contributed by atoms with Gasteiger partial charge in [-0.2, -0.15) is 0 Å². The first-order chi connectivity index (χ1) is 31.0. The number of rotatable bonds is 2. The average Bonchev–Trinajstić information content (AvgIpc) is 3.60. The molecular weight excluding hydrogens is 837 g/mol. The van der Waals surface area contributed by atoms with Crippen molar-refractivity contribution >= 4 is 35.7 Å². The fraction of sp³-hybridized carbons (Fsp3) is 0.345. The van der Waals surface area contributed by atoms with Crippen molar-refractivity contribution in [2.45, 2.75) is 111 Å². The minimum Gasteiger partial charge on any atom is -0.507 e. The molecule has 1 fully saturated rings. The van der Waals surface area contributed by atoms with Gasteiger partial charge in [-0.1, -0.05) is 137 Å². The molecule has 1 saturated heterocycles. The summed E-state index contributed by atoms with van der Waals surface area (Å²) in [6, 6.07) is 26.5. The number of phenols is 1. The van der Waals surface area contributed by atoms with Gasteiger partial charge in [0.05, 0.1) is 17.8 Å². The van der Waals surface area contributed by atoms with E-state index in [1.807, 2.05) is 120 Å². The highest BCUT2D eigenvalue weighted by atomic mass is 16.8. The topological polar surface area (TPSA) is 166 Å². The van der Waals surface area contributed by atoms with Crippen LogP contribution in [0.3, 0.4) is 0 Å². The molecule has 4 aromatic carbocycles. The molecule has 3 heterocycles. The third kappa shape index (κ3) is 12.1. The van der Waals surface area contributed by atoms with E-state index >= 15 is 0 Å². The second-order valence-electron chi connectivity index (χ2n) is 17.2. The molecule has 0 amide bonds. The molecule has 8 atom stereocenters. The summed E-state index contributed by atoms with van der Waals surface area (Å²) in [7, 11) is 0. The molecule has 4 aromatic rings. The van der Waals surface area contributed by atoms with Crippen molar-refractivity contribution in [3.05, 3.63) is 149 Å². The largest absolute Gasteiger partial charge is 0.507 e. The minimum absolute atomic E-state index is 0. The number of benzene rings is 4. The Hall–Kier alpha value is -6.24. The van der Waals surface area contributed by atoms with Gasteiger partial charge < -0.3 is 34.3 Å². The Balaban J connectivity index is 0.000000245. The Morgan fingerprint density at radius 1 is 0.591 bits per heavy atom. The second kappa shape index (κ2) is 22.3. The van der Waals surface area contributed by atoms with Crippen molar-refractivity contribution < 1.29 is 53.4 Å². The molecule has 0 aromatic heterocycles. The molecule has 3 N–H and O–H groups in total. The van der Waals surface area contributed by atoms with E-state index in [4.69, 9.17) is 18.9 Å². The Morgan fingerprint density at radius 3 is 1.64 bits per heavy atom. The van der Waals surface area contributed by atoms with Gasteiger partial charge in [0, 0.05) is 17.4 Å². The number of carbonyl (C=O) groups is 4. The number of aliphatic hydroxyl groups excluding tert-OH is 2. The number of phenolic OH excluding ortho intramolecular Hbond substituents is 1. The molecule has 0 bridgehead atoms. The summed E-state index contributed by atoms with van der Waals surface area (Å²) in [5.74, 6) is -3.37. The molecule has 0 aliphatic carbocycles. The van der Waals surface area contributed by atoms with Crippen molar-refractivity contribution in [1.29, 1.82) is 0 Å². The number of aryl methyl sites for hydroxylation is 1. The van der Waals surface area contributed by atoms with Crippen LogP contribution in [-0.2, 0) is 28.5 Å². The van der Waals surface area contributed by atoms with Crippen LogP contribution in [0.2, 0.25) is 0 Å². The summed E-state index contributed by atoms with van der Waals surface area (Å²) in [5.41, 5.74) is 6.12. The lowest BCUT2D eigenvalue weighted by molar-refractivity contribution is -0.152. The van der Waals surface area contributed by atoms with Crippen LogP contribution >= 0.6 is 0 Å². The molecule has 66 heavy (non-hydrogen) atoms. The highest BCUT2D eigenvalue weighted by Crippen LogP contribution is 2.36. The van der Waals surface area contributed by atoms with Gasteiger partial charge >= 0.3 is 11.9 Å². The van der Waals surface area contributed by atoms with Crippen molar-refractivity contribution in [3.8, 4) is 28.0 Å². The molecule has 11 heteroatoms. The van der Waals surface area contributed by atoms with Crippen LogP contribution in [0.15, 0.2) is 121 Å².